The number of carbonyl (C=O) groups is 3. The Hall–Kier alpha value is -3.15. The van der Waals surface area contributed by atoms with Gasteiger partial charge >= 0.3 is 6.09 Å². The molecule has 2 amide bonds. The number of alkyl carbamates (subject to hydrolysis) is 1. The molecule has 1 heterocycles. The zero-order valence-corrected chi connectivity index (χ0v) is 25.3. The molecule has 0 radical (unpaired) electrons. The minimum atomic E-state index is -0.539. The number of ketones is 1. The van der Waals surface area contributed by atoms with Crippen molar-refractivity contribution >= 4 is 57.0 Å². The highest BCUT2D eigenvalue weighted by atomic mass is 127. The van der Waals surface area contributed by atoms with Crippen LogP contribution in [0.3, 0.4) is 0 Å². The Morgan fingerprint density at radius 1 is 1.02 bits per heavy atom. The molecule has 1 aliphatic rings. The Morgan fingerprint density at radius 3 is 2.40 bits per heavy atom. The molecule has 0 unspecified atom stereocenters. The molecule has 1 fully saturated rings. The molecular formula is C30H37IN4O5. The van der Waals surface area contributed by atoms with E-state index in [2.05, 4.69) is 43.4 Å². The average molecular weight is 661 g/mol. The molecule has 214 valence electrons. The maximum atomic E-state index is 13.4. The first-order valence-corrected chi connectivity index (χ1v) is 14.8. The minimum absolute atomic E-state index is 0.0916. The number of hydrogen-bond donors (Lipinski definition) is 4. The van der Waals surface area contributed by atoms with Crippen molar-refractivity contribution < 1.29 is 19.1 Å². The number of aromatic nitrogens is 2. The van der Waals surface area contributed by atoms with Crippen molar-refractivity contribution in [3.05, 3.63) is 62.0 Å². The van der Waals surface area contributed by atoms with Crippen molar-refractivity contribution in [2.24, 2.45) is 17.8 Å². The third kappa shape index (κ3) is 8.42. The second-order valence-corrected chi connectivity index (χ2v) is 12.9. The van der Waals surface area contributed by atoms with E-state index in [1.54, 1.807) is 18.2 Å². The van der Waals surface area contributed by atoms with Crippen LogP contribution in [0, 0.1) is 21.3 Å². The van der Waals surface area contributed by atoms with Crippen LogP contribution in [0.25, 0.3) is 10.9 Å². The molecule has 1 saturated carbocycles. The Morgan fingerprint density at radius 2 is 1.73 bits per heavy atom. The summed E-state index contributed by atoms with van der Waals surface area (Å²) in [5.74, 6) is -0.433. The molecule has 1 aromatic heterocycles. The fourth-order valence-electron chi connectivity index (χ4n) is 5.16. The summed E-state index contributed by atoms with van der Waals surface area (Å²) in [4.78, 5) is 50.6. The molecule has 0 saturated heterocycles. The third-order valence-corrected chi connectivity index (χ3v) is 8.01. The highest BCUT2D eigenvalue weighted by Gasteiger charge is 2.30. The van der Waals surface area contributed by atoms with Gasteiger partial charge in [0.05, 0.1) is 10.9 Å². The summed E-state index contributed by atoms with van der Waals surface area (Å²) in [6.07, 6.45) is 3.37. The molecule has 10 heteroatoms. The van der Waals surface area contributed by atoms with Crippen molar-refractivity contribution in [2.45, 2.75) is 64.9 Å². The van der Waals surface area contributed by atoms with E-state index in [4.69, 9.17) is 4.74 Å². The minimum Gasteiger partial charge on any atom is -0.444 e. The molecule has 1 aliphatic carbocycles. The van der Waals surface area contributed by atoms with Crippen molar-refractivity contribution in [3.63, 3.8) is 0 Å². The number of hydrogen-bond acceptors (Lipinski definition) is 5. The molecule has 40 heavy (non-hydrogen) atoms. The molecule has 9 nitrogen and oxygen atoms in total. The van der Waals surface area contributed by atoms with Crippen LogP contribution in [0.2, 0.25) is 0 Å². The van der Waals surface area contributed by atoms with Gasteiger partial charge in [0.25, 0.3) is 5.56 Å². The van der Waals surface area contributed by atoms with Crippen LogP contribution in [-0.2, 0) is 20.7 Å². The summed E-state index contributed by atoms with van der Waals surface area (Å²) in [5.41, 5.74) is 1.40. The van der Waals surface area contributed by atoms with Crippen LogP contribution in [0.15, 0.2) is 47.3 Å². The fraction of sp³-hybridized carbons (Fsp3) is 0.467. The molecule has 0 bridgehead atoms. The van der Waals surface area contributed by atoms with Gasteiger partial charge in [0.15, 0.2) is 0 Å². The van der Waals surface area contributed by atoms with Crippen LogP contribution in [0.4, 0.5) is 10.5 Å². The number of Topliss-reactive ketones (excluding diaryl/α,β-unsaturated/α-hetero) is 1. The van der Waals surface area contributed by atoms with Crippen molar-refractivity contribution in [2.75, 3.05) is 11.9 Å². The van der Waals surface area contributed by atoms with Crippen LogP contribution in [0.1, 0.15) is 58.4 Å². The number of fused-ring (bicyclic) bond motifs is 1. The summed E-state index contributed by atoms with van der Waals surface area (Å²) in [5, 5.41) is 11.7. The number of anilines is 1. The molecule has 2 aromatic carbocycles. The standard InChI is InChI=1S/C30H37IN4O5/c1-30(2,3)40-29(39)32-17-19-4-8-20(9-5-19)26(36)15-21(14-18-6-10-22(31)11-7-18)27(37)33-23-12-13-24-25(16-23)34-35-28(24)38/h6-7,10-13,16,19-21H,4-5,8-9,14-15,17H2,1-3H3,(H,32,39)(H,33,37)(H2,34,35,38)/t19?,20?,21-/m1/s1. The average Bonchev–Trinajstić information content (AvgIpc) is 3.27. The van der Waals surface area contributed by atoms with Crippen LogP contribution >= 0.6 is 22.6 Å². The van der Waals surface area contributed by atoms with Crippen LogP contribution in [0.5, 0.6) is 0 Å². The summed E-state index contributed by atoms with van der Waals surface area (Å²) in [7, 11) is 0. The highest BCUT2D eigenvalue weighted by Crippen LogP contribution is 2.31. The van der Waals surface area contributed by atoms with Crippen LogP contribution < -0.4 is 16.2 Å². The molecule has 0 aliphatic heterocycles. The van der Waals surface area contributed by atoms with E-state index in [1.165, 1.54) is 0 Å². The lowest BCUT2D eigenvalue weighted by atomic mass is 9.77. The Bertz CT molecular complexity index is 1400. The topological polar surface area (TPSA) is 133 Å². The first-order chi connectivity index (χ1) is 19.0. The summed E-state index contributed by atoms with van der Waals surface area (Å²) in [6.45, 7) is 6.03. The van der Waals surface area contributed by atoms with E-state index in [9.17, 15) is 19.2 Å². The second kappa shape index (κ2) is 13.0. The lowest BCUT2D eigenvalue weighted by Gasteiger charge is -2.29. The lowest BCUT2D eigenvalue weighted by molar-refractivity contribution is -0.129. The van der Waals surface area contributed by atoms with Gasteiger partial charge in [-0.15, -0.1) is 0 Å². The maximum absolute atomic E-state index is 13.4. The normalized spacial score (nSPS) is 18.2. The van der Waals surface area contributed by atoms with Crippen LogP contribution in [-0.4, -0.2) is 40.1 Å². The number of aromatic amines is 2. The number of nitrogens with one attached hydrogen (secondary N) is 4. The van der Waals surface area contributed by atoms with Gasteiger partial charge < -0.3 is 15.4 Å². The second-order valence-electron chi connectivity index (χ2n) is 11.6. The van der Waals surface area contributed by atoms with Gasteiger partial charge in [0.1, 0.15) is 11.4 Å². The number of benzene rings is 2. The monoisotopic (exact) mass is 660 g/mol. The quantitative estimate of drug-likeness (QED) is 0.224. The first-order valence-electron chi connectivity index (χ1n) is 13.7. The molecule has 4 N–H and O–H groups in total. The smallest absolute Gasteiger partial charge is 0.407 e. The Labute approximate surface area is 247 Å². The van der Waals surface area contributed by atoms with E-state index < -0.39 is 17.6 Å². The van der Waals surface area contributed by atoms with Gasteiger partial charge in [-0.25, -0.2) is 4.79 Å². The predicted molar refractivity (Wildman–Crippen MR) is 163 cm³/mol. The highest BCUT2D eigenvalue weighted by molar-refractivity contribution is 14.1. The van der Waals surface area contributed by atoms with Gasteiger partial charge in [0.2, 0.25) is 5.91 Å². The molecule has 0 spiro atoms. The first kappa shape index (κ1) is 29.8. The van der Waals surface area contributed by atoms with E-state index in [-0.39, 0.29) is 29.6 Å². The van der Waals surface area contributed by atoms with E-state index in [0.29, 0.717) is 35.5 Å². The predicted octanol–water partition coefficient (Wildman–Crippen LogP) is 5.55. The van der Waals surface area contributed by atoms with E-state index >= 15 is 0 Å². The number of amides is 2. The Balaban J connectivity index is 1.37. The van der Waals surface area contributed by atoms with Gasteiger partial charge in [-0.3, -0.25) is 24.6 Å². The number of halogens is 1. The molecular weight excluding hydrogens is 623 g/mol. The fourth-order valence-corrected chi connectivity index (χ4v) is 5.52. The van der Waals surface area contributed by atoms with E-state index in [0.717, 1.165) is 34.8 Å². The van der Waals surface area contributed by atoms with Crippen molar-refractivity contribution in [1.29, 1.82) is 0 Å². The SMILES string of the molecule is CC(C)(C)OC(=O)NCC1CCC(C(=O)C[C@@H](Cc2ccc(I)cc2)C(=O)Nc2ccc3c(=O)[nH][nH]c3c2)CC1. The van der Waals surface area contributed by atoms with Gasteiger partial charge in [-0.05, 0) is 117 Å². The van der Waals surface area contributed by atoms with Gasteiger partial charge in [0, 0.05) is 34.1 Å². The summed E-state index contributed by atoms with van der Waals surface area (Å²) < 4.78 is 6.42. The van der Waals surface area contributed by atoms with Crippen molar-refractivity contribution in [1.82, 2.24) is 15.5 Å². The zero-order chi connectivity index (χ0) is 28.9. The maximum Gasteiger partial charge on any atom is 0.407 e. The summed E-state index contributed by atoms with van der Waals surface area (Å²) >= 11 is 2.24. The lowest BCUT2D eigenvalue weighted by Crippen LogP contribution is -2.37. The van der Waals surface area contributed by atoms with Gasteiger partial charge in [-0.2, -0.15) is 0 Å². The number of ether oxygens (including phenoxy) is 1. The molecule has 1 atom stereocenters. The van der Waals surface area contributed by atoms with Crippen molar-refractivity contribution in [3.8, 4) is 0 Å². The Kier molecular flexibility index (Phi) is 9.70. The zero-order valence-electron chi connectivity index (χ0n) is 23.1. The summed E-state index contributed by atoms with van der Waals surface area (Å²) in [6, 6.07) is 13.0. The van der Waals surface area contributed by atoms with Gasteiger partial charge in [-0.1, -0.05) is 12.1 Å². The molecule has 3 aromatic rings. The number of H-pyrrole nitrogens is 2. The largest absolute Gasteiger partial charge is 0.444 e. The van der Waals surface area contributed by atoms with E-state index in [1.807, 2.05) is 45.0 Å². The number of rotatable bonds is 9. The number of carbonyl (C=O) groups excluding carboxylic acids is 3. The third-order valence-electron chi connectivity index (χ3n) is 7.29. The molecule has 4 rings (SSSR count).